The summed E-state index contributed by atoms with van der Waals surface area (Å²) in [4.78, 5) is 33.6. The number of benzene rings is 3. The summed E-state index contributed by atoms with van der Waals surface area (Å²) in [5.74, 6) is 0.926. The summed E-state index contributed by atoms with van der Waals surface area (Å²) in [6.07, 6.45) is 0. The first-order chi connectivity index (χ1) is 17.2. The third-order valence-electron chi connectivity index (χ3n) is 5.99. The van der Waals surface area contributed by atoms with Crippen molar-refractivity contribution in [1.29, 1.82) is 0 Å². The van der Waals surface area contributed by atoms with Crippen molar-refractivity contribution in [2.75, 3.05) is 19.0 Å². The first-order valence-electron chi connectivity index (χ1n) is 11.4. The topological polar surface area (TPSA) is 76.5 Å². The molecule has 0 spiro atoms. The lowest BCUT2D eigenvalue weighted by Crippen LogP contribution is -2.39. The number of hydrogen-bond donors (Lipinski definition) is 1. The van der Waals surface area contributed by atoms with Gasteiger partial charge in [0, 0.05) is 11.6 Å². The number of anilines is 1. The Balaban J connectivity index is 1.86. The molecule has 0 saturated heterocycles. The number of para-hydroxylation sites is 1. The molecule has 1 unspecified atom stereocenters. The van der Waals surface area contributed by atoms with E-state index in [1.54, 1.807) is 48.4 Å². The van der Waals surface area contributed by atoms with Crippen molar-refractivity contribution in [1.82, 2.24) is 14.5 Å². The second kappa shape index (κ2) is 10.6. The highest BCUT2D eigenvalue weighted by Crippen LogP contribution is 2.30. The summed E-state index contributed by atoms with van der Waals surface area (Å²) in [7, 11) is 1.55. The number of aryl methyl sites for hydroxylation is 1. The third-order valence-corrected chi connectivity index (χ3v) is 6.54. The van der Waals surface area contributed by atoms with Crippen molar-refractivity contribution < 1.29 is 9.53 Å². The smallest absolute Gasteiger partial charge is 0.322 e. The van der Waals surface area contributed by atoms with Gasteiger partial charge >= 0.3 is 6.03 Å². The number of amides is 2. The van der Waals surface area contributed by atoms with E-state index in [9.17, 15) is 9.59 Å². The van der Waals surface area contributed by atoms with Crippen LogP contribution < -0.4 is 15.6 Å². The molecular formula is C27H26Cl2N4O3. The van der Waals surface area contributed by atoms with E-state index in [1.165, 1.54) is 4.57 Å². The van der Waals surface area contributed by atoms with Crippen LogP contribution in [0.25, 0.3) is 16.6 Å². The molecular weight excluding hydrogens is 499 g/mol. The number of nitrogens with one attached hydrogen (secondary N) is 1. The lowest BCUT2D eigenvalue weighted by molar-refractivity contribution is 0.193. The fourth-order valence-corrected chi connectivity index (χ4v) is 4.60. The summed E-state index contributed by atoms with van der Waals surface area (Å²) in [6.45, 7) is 5.98. The Bertz CT molecular complexity index is 1500. The lowest BCUT2D eigenvalue weighted by atomic mass is 10.1. The van der Waals surface area contributed by atoms with Crippen molar-refractivity contribution in [3.63, 3.8) is 0 Å². The van der Waals surface area contributed by atoms with E-state index in [0.717, 1.165) is 5.56 Å². The largest absolute Gasteiger partial charge is 0.495 e. The van der Waals surface area contributed by atoms with Crippen LogP contribution in [0.1, 0.15) is 31.3 Å². The maximum Gasteiger partial charge on any atom is 0.322 e. The Labute approximate surface area is 219 Å². The van der Waals surface area contributed by atoms with Gasteiger partial charge in [-0.1, -0.05) is 41.4 Å². The molecule has 1 atom stereocenters. The van der Waals surface area contributed by atoms with E-state index in [0.29, 0.717) is 50.4 Å². The van der Waals surface area contributed by atoms with E-state index >= 15 is 0 Å². The number of hydrogen-bond acceptors (Lipinski definition) is 4. The van der Waals surface area contributed by atoms with Gasteiger partial charge in [-0.3, -0.25) is 9.36 Å². The predicted octanol–water partition coefficient (Wildman–Crippen LogP) is 6.62. The van der Waals surface area contributed by atoms with Crippen molar-refractivity contribution in [3.8, 4) is 11.4 Å². The predicted molar refractivity (Wildman–Crippen MR) is 145 cm³/mol. The number of urea groups is 1. The van der Waals surface area contributed by atoms with Crippen LogP contribution in [0.2, 0.25) is 10.0 Å². The molecule has 1 heterocycles. The zero-order chi connectivity index (χ0) is 26.0. The summed E-state index contributed by atoms with van der Waals surface area (Å²) < 4.78 is 7.12. The minimum atomic E-state index is -0.580. The van der Waals surface area contributed by atoms with Gasteiger partial charge in [0.2, 0.25) is 0 Å². The molecule has 0 aliphatic rings. The fraction of sp³-hybridized carbons (Fsp3) is 0.222. The SMILES string of the molecule is CCN(C(=O)Nc1ccc(Cl)cc1Cl)C(C)c1nc2ccccc2c(=O)n1-c1cc(C)ccc1OC. The molecule has 186 valence electrons. The maximum atomic E-state index is 13.8. The van der Waals surface area contributed by atoms with Crippen molar-refractivity contribution in [3.05, 3.63) is 92.5 Å². The van der Waals surface area contributed by atoms with Crippen molar-refractivity contribution in [2.45, 2.75) is 26.8 Å². The number of methoxy groups -OCH3 is 1. The Morgan fingerprint density at radius 2 is 1.89 bits per heavy atom. The number of nitrogens with zero attached hydrogens (tertiary/aromatic N) is 3. The number of fused-ring (bicyclic) bond motifs is 1. The standard InChI is InChI=1S/C27H26Cl2N4O3/c1-5-32(27(35)31-22-12-11-18(28)15-20(22)29)17(3)25-30-21-9-7-6-8-19(21)26(34)33(25)23-14-16(2)10-13-24(23)36-4/h6-15,17H,5H2,1-4H3,(H,31,35). The van der Waals surface area contributed by atoms with Gasteiger partial charge in [0.25, 0.3) is 5.56 Å². The molecule has 0 bridgehead atoms. The number of rotatable bonds is 6. The molecule has 0 radical (unpaired) electrons. The monoisotopic (exact) mass is 524 g/mol. The molecule has 36 heavy (non-hydrogen) atoms. The second-order valence-electron chi connectivity index (χ2n) is 8.32. The summed E-state index contributed by atoms with van der Waals surface area (Å²) in [5.41, 5.74) is 2.24. The molecule has 9 heteroatoms. The highest BCUT2D eigenvalue weighted by molar-refractivity contribution is 6.36. The van der Waals surface area contributed by atoms with Crippen molar-refractivity contribution in [2.24, 2.45) is 0 Å². The lowest BCUT2D eigenvalue weighted by Gasteiger charge is -2.30. The molecule has 3 aromatic carbocycles. The molecule has 0 fully saturated rings. The highest BCUT2D eigenvalue weighted by Gasteiger charge is 2.27. The van der Waals surface area contributed by atoms with Crippen molar-refractivity contribution >= 4 is 45.8 Å². The van der Waals surface area contributed by atoms with E-state index in [4.69, 9.17) is 32.9 Å². The Morgan fingerprint density at radius 1 is 1.14 bits per heavy atom. The molecule has 0 aliphatic carbocycles. The van der Waals surface area contributed by atoms with Crippen LogP contribution in [0.3, 0.4) is 0 Å². The quantitative estimate of drug-likeness (QED) is 0.307. The van der Waals surface area contributed by atoms with Gasteiger partial charge in [-0.2, -0.15) is 0 Å². The summed E-state index contributed by atoms with van der Waals surface area (Å²) >= 11 is 12.3. The van der Waals surface area contributed by atoms with Gasteiger partial charge in [-0.15, -0.1) is 0 Å². The van der Waals surface area contributed by atoms with E-state index in [1.807, 2.05) is 45.0 Å². The van der Waals surface area contributed by atoms with E-state index in [-0.39, 0.29) is 11.6 Å². The number of halogens is 2. The molecule has 4 aromatic rings. The number of aromatic nitrogens is 2. The average molecular weight is 525 g/mol. The Morgan fingerprint density at radius 3 is 2.58 bits per heavy atom. The van der Waals surface area contributed by atoms with Crippen LogP contribution in [0, 0.1) is 6.92 Å². The molecule has 0 saturated carbocycles. The average Bonchev–Trinajstić information content (AvgIpc) is 2.86. The fourth-order valence-electron chi connectivity index (χ4n) is 4.15. The third kappa shape index (κ3) is 4.90. The van der Waals surface area contributed by atoms with Gasteiger partial charge in [0.1, 0.15) is 11.6 Å². The number of carbonyl (C=O) groups excluding carboxylic acids is 1. The van der Waals surface area contributed by atoms with Crippen LogP contribution in [0.4, 0.5) is 10.5 Å². The van der Waals surface area contributed by atoms with E-state index in [2.05, 4.69) is 5.32 Å². The van der Waals surface area contributed by atoms with E-state index < -0.39 is 6.04 Å². The minimum absolute atomic E-state index is 0.247. The second-order valence-corrected chi connectivity index (χ2v) is 9.16. The first kappa shape index (κ1) is 25.5. The number of carbonyl (C=O) groups is 1. The zero-order valence-corrected chi connectivity index (χ0v) is 21.9. The highest BCUT2D eigenvalue weighted by atomic mass is 35.5. The molecule has 7 nitrogen and oxygen atoms in total. The Hall–Kier alpha value is -3.55. The van der Waals surface area contributed by atoms with Gasteiger partial charge in [-0.25, -0.2) is 9.78 Å². The van der Waals surface area contributed by atoms with Gasteiger partial charge in [0.15, 0.2) is 0 Å². The van der Waals surface area contributed by atoms with Gasteiger partial charge in [-0.05, 0) is 68.8 Å². The molecule has 4 rings (SSSR count). The number of ether oxygens (including phenoxy) is 1. The minimum Gasteiger partial charge on any atom is -0.495 e. The van der Waals surface area contributed by atoms with Gasteiger partial charge < -0.3 is 15.0 Å². The molecule has 2 amide bonds. The van der Waals surface area contributed by atoms with Crippen LogP contribution in [-0.4, -0.2) is 34.1 Å². The zero-order valence-electron chi connectivity index (χ0n) is 20.4. The Kier molecular flexibility index (Phi) is 7.52. The molecule has 1 aromatic heterocycles. The summed E-state index contributed by atoms with van der Waals surface area (Å²) in [5, 5.41) is 4.10. The normalized spacial score (nSPS) is 11.8. The van der Waals surface area contributed by atoms with Gasteiger partial charge in [0.05, 0.1) is 40.5 Å². The van der Waals surface area contributed by atoms with Crippen LogP contribution in [0.15, 0.2) is 65.5 Å². The van der Waals surface area contributed by atoms with Crippen LogP contribution in [0.5, 0.6) is 5.75 Å². The summed E-state index contributed by atoms with van der Waals surface area (Å²) in [6, 6.07) is 16.6. The maximum absolute atomic E-state index is 13.8. The first-order valence-corrected chi connectivity index (χ1v) is 12.2. The molecule has 1 N–H and O–H groups in total. The molecule has 0 aliphatic heterocycles. The van der Waals surface area contributed by atoms with Crippen LogP contribution in [-0.2, 0) is 0 Å². The van der Waals surface area contributed by atoms with Crippen LogP contribution >= 0.6 is 23.2 Å².